The minimum atomic E-state index is -0.0999. The summed E-state index contributed by atoms with van der Waals surface area (Å²) in [4.78, 5) is 21.5. The highest BCUT2D eigenvalue weighted by molar-refractivity contribution is 5.80. The molecule has 0 spiro atoms. The number of anilines is 2. The largest absolute Gasteiger partial charge is 0.383 e. The smallest absolute Gasteiger partial charge is 0.239 e. The number of aromatic nitrogens is 2. The third-order valence-electron chi connectivity index (χ3n) is 2.10. The summed E-state index contributed by atoms with van der Waals surface area (Å²) >= 11 is 0. The zero-order valence-corrected chi connectivity index (χ0v) is 10.9. The molecule has 0 saturated heterocycles. The molecule has 100 valence electrons. The van der Waals surface area contributed by atoms with E-state index in [9.17, 15) is 4.79 Å². The molecule has 2 N–H and O–H groups in total. The van der Waals surface area contributed by atoms with Gasteiger partial charge in [-0.2, -0.15) is 4.98 Å². The van der Waals surface area contributed by atoms with Crippen LogP contribution in [0.3, 0.4) is 0 Å². The molecule has 1 amide bonds. The lowest BCUT2D eigenvalue weighted by Gasteiger charge is -2.11. The minimum Gasteiger partial charge on any atom is -0.383 e. The lowest BCUT2D eigenvalue weighted by atomic mass is 10.5. The average molecular weight is 253 g/mol. The van der Waals surface area contributed by atoms with Crippen molar-refractivity contribution >= 4 is 17.7 Å². The summed E-state index contributed by atoms with van der Waals surface area (Å²) < 4.78 is 4.84. The summed E-state index contributed by atoms with van der Waals surface area (Å²) in [6.45, 7) is 1.18. The number of carbonyl (C=O) groups is 1. The van der Waals surface area contributed by atoms with Gasteiger partial charge >= 0.3 is 0 Å². The number of methoxy groups -OCH3 is 1. The lowest BCUT2D eigenvalue weighted by molar-refractivity contribution is -0.119. The summed E-state index contributed by atoms with van der Waals surface area (Å²) in [6, 6.07) is 1.72. The van der Waals surface area contributed by atoms with Crippen LogP contribution in [0.5, 0.6) is 0 Å². The maximum Gasteiger partial charge on any atom is 0.239 e. The highest BCUT2D eigenvalue weighted by atomic mass is 16.5. The summed E-state index contributed by atoms with van der Waals surface area (Å²) in [7, 11) is 5.31. The van der Waals surface area contributed by atoms with Gasteiger partial charge in [-0.15, -0.1) is 0 Å². The molecule has 7 nitrogen and oxygen atoms in total. The van der Waals surface area contributed by atoms with Gasteiger partial charge in [-0.25, -0.2) is 4.98 Å². The van der Waals surface area contributed by atoms with Gasteiger partial charge in [0.15, 0.2) is 0 Å². The van der Waals surface area contributed by atoms with Gasteiger partial charge in [0.25, 0.3) is 0 Å². The van der Waals surface area contributed by atoms with Crippen LogP contribution in [0.25, 0.3) is 0 Å². The Bertz CT molecular complexity index is 383. The van der Waals surface area contributed by atoms with Crippen LogP contribution in [0.15, 0.2) is 12.3 Å². The molecular formula is C11H19N5O2. The third-order valence-corrected chi connectivity index (χ3v) is 2.10. The van der Waals surface area contributed by atoms with Crippen molar-refractivity contribution in [2.75, 3.05) is 51.1 Å². The monoisotopic (exact) mass is 253 g/mol. The molecule has 0 fully saturated rings. The minimum absolute atomic E-state index is 0.0999. The van der Waals surface area contributed by atoms with Crippen molar-refractivity contribution in [3.05, 3.63) is 12.3 Å². The van der Waals surface area contributed by atoms with E-state index >= 15 is 0 Å². The number of nitrogens with zero attached hydrogens (tertiary/aromatic N) is 3. The summed E-state index contributed by atoms with van der Waals surface area (Å²) in [6.07, 6.45) is 1.65. The fourth-order valence-corrected chi connectivity index (χ4v) is 1.19. The molecule has 0 aliphatic rings. The van der Waals surface area contributed by atoms with Gasteiger partial charge in [-0.3, -0.25) is 4.79 Å². The Morgan fingerprint density at radius 1 is 1.50 bits per heavy atom. The molecule has 1 aromatic rings. The standard InChI is InChI=1S/C11H19N5O2/c1-16(2)11-13-5-4-9(15-11)14-8-10(17)12-6-7-18-3/h4-5H,6-8H2,1-3H3,(H,12,17)(H,13,14,15). The molecule has 0 aliphatic heterocycles. The molecule has 1 heterocycles. The number of hydrogen-bond donors (Lipinski definition) is 2. The molecule has 0 bridgehead atoms. The maximum atomic E-state index is 11.4. The zero-order chi connectivity index (χ0) is 13.4. The first-order valence-corrected chi connectivity index (χ1v) is 5.63. The van der Waals surface area contributed by atoms with Crippen LogP contribution in [-0.2, 0) is 9.53 Å². The van der Waals surface area contributed by atoms with Gasteiger partial charge in [-0.1, -0.05) is 0 Å². The number of hydrogen-bond acceptors (Lipinski definition) is 6. The van der Waals surface area contributed by atoms with E-state index < -0.39 is 0 Å². The van der Waals surface area contributed by atoms with Gasteiger partial charge in [0.2, 0.25) is 11.9 Å². The SMILES string of the molecule is COCCNC(=O)CNc1ccnc(N(C)C)n1. The first-order valence-electron chi connectivity index (χ1n) is 5.63. The number of amides is 1. The highest BCUT2D eigenvalue weighted by Gasteiger charge is 2.03. The van der Waals surface area contributed by atoms with Crippen molar-refractivity contribution in [1.29, 1.82) is 0 Å². The molecule has 1 rings (SSSR count). The first-order chi connectivity index (χ1) is 8.63. The molecule has 0 aliphatic carbocycles. The molecular weight excluding hydrogens is 234 g/mol. The Morgan fingerprint density at radius 2 is 2.28 bits per heavy atom. The van der Waals surface area contributed by atoms with E-state index in [0.29, 0.717) is 24.9 Å². The van der Waals surface area contributed by atoms with Crippen molar-refractivity contribution in [1.82, 2.24) is 15.3 Å². The van der Waals surface area contributed by atoms with Crippen molar-refractivity contribution in [3.8, 4) is 0 Å². The zero-order valence-electron chi connectivity index (χ0n) is 10.9. The van der Waals surface area contributed by atoms with Crippen molar-refractivity contribution < 1.29 is 9.53 Å². The Balaban J connectivity index is 2.38. The summed E-state index contributed by atoms with van der Waals surface area (Å²) in [5.74, 6) is 1.12. The predicted octanol–water partition coefficient (Wildman–Crippen LogP) is -0.283. The third kappa shape index (κ3) is 4.96. The van der Waals surface area contributed by atoms with E-state index in [1.54, 1.807) is 24.3 Å². The van der Waals surface area contributed by atoms with Gasteiger partial charge in [0, 0.05) is 33.9 Å². The Morgan fingerprint density at radius 3 is 2.94 bits per heavy atom. The molecule has 0 atom stereocenters. The van der Waals surface area contributed by atoms with E-state index in [2.05, 4.69) is 20.6 Å². The fourth-order valence-electron chi connectivity index (χ4n) is 1.19. The normalized spacial score (nSPS) is 9.94. The highest BCUT2D eigenvalue weighted by Crippen LogP contribution is 2.06. The van der Waals surface area contributed by atoms with Crippen LogP contribution < -0.4 is 15.5 Å². The molecule has 0 unspecified atom stereocenters. The van der Waals surface area contributed by atoms with Gasteiger partial charge in [0.1, 0.15) is 5.82 Å². The summed E-state index contributed by atoms with van der Waals surface area (Å²) in [5, 5.41) is 5.65. The molecule has 18 heavy (non-hydrogen) atoms. The fraction of sp³-hybridized carbons (Fsp3) is 0.545. The van der Waals surface area contributed by atoms with Gasteiger partial charge in [-0.05, 0) is 6.07 Å². The lowest BCUT2D eigenvalue weighted by Crippen LogP contribution is -2.32. The van der Waals surface area contributed by atoms with Crippen molar-refractivity contribution in [2.24, 2.45) is 0 Å². The number of carbonyl (C=O) groups excluding carboxylic acids is 1. The van der Waals surface area contributed by atoms with Crippen molar-refractivity contribution in [2.45, 2.75) is 0 Å². The number of rotatable bonds is 7. The molecule has 0 saturated carbocycles. The quantitative estimate of drug-likeness (QED) is 0.650. The number of nitrogens with one attached hydrogen (secondary N) is 2. The first kappa shape index (κ1) is 14.2. The van der Waals surface area contributed by atoms with Crippen LogP contribution in [-0.4, -0.2) is 56.8 Å². The van der Waals surface area contributed by atoms with E-state index in [-0.39, 0.29) is 12.5 Å². The predicted molar refractivity (Wildman–Crippen MR) is 69.7 cm³/mol. The van der Waals surface area contributed by atoms with Crippen LogP contribution in [0.1, 0.15) is 0 Å². The number of ether oxygens (including phenoxy) is 1. The molecule has 7 heteroatoms. The van der Waals surface area contributed by atoms with Gasteiger partial charge < -0.3 is 20.3 Å². The molecule has 0 aromatic carbocycles. The average Bonchev–Trinajstić information content (AvgIpc) is 2.37. The van der Waals surface area contributed by atoms with Gasteiger partial charge in [0.05, 0.1) is 13.2 Å². The second-order valence-electron chi connectivity index (χ2n) is 3.83. The Hall–Kier alpha value is -1.89. The van der Waals surface area contributed by atoms with Crippen molar-refractivity contribution in [3.63, 3.8) is 0 Å². The van der Waals surface area contributed by atoms with E-state index in [4.69, 9.17) is 4.74 Å². The second-order valence-corrected chi connectivity index (χ2v) is 3.83. The topological polar surface area (TPSA) is 79.4 Å². The Labute approximate surface area is 107 Å². The van der Waals surface area contributed by atoms with Crippen LogP contribution in [0.4, 0.5) is 11.8 Å². The Kier molecular flexibility index (Phi) is 5.86. The second kappa shape index (κ2) is 7.44. The van der Waals surface area contributed by atoms with E-state index in [1.165, 1.54) is 0 Å². The van der Waals surface area contributed by atoms with Crippen LogP contribution >= 0.6 is 0 Å². The van der Waals surface area contributed by atoms with Crippen LogP contribution in [0, 0.1) is 0 Å². The van der Waals surface area contributed by atoms with E-state index in [0.717, 1.165) is 0 Å². The molecule has 1 aromatic heterocycles. The van der Waals surface area contributed by atoms with E-state index in [1.807, 2.05) is 14.1 Å². The van der Waals surface area contributed by atoms with Crippen LogP contribution in [0.2, 0.25) is 0 Å². The maximum absolute atomic E-state index is 11.4. The summed E-state index contributed by atoms with van der Waals surface area (Å²) in [5.41, 5.74) is 0. The molecule has 0 radical (unpaired) electrons.